The number of carbonyl (C=O) groups is 2. The zero-order chi connectivity index (χ0) is 17.6. The number of anilines is 2. The van der Waals surface area contributed by atoms with E-state index >= 15 is 0 Å². The molecule has 2 N–H and O–H groups in total. The standard InChI is InChI=1S/C18H19N3O3S/c1-25-15-4-2-3-14(9-15)21-17(22)11-24-18(23)12-5-8-16(19-10-12)20-13-6-7-13/h2-5,8-10,13H,6-7,11H2,1H3,(H,19,20)(H,21,22). The number of hydrogen-bond donors (Lipinski definition) is 2. The summed E-state index contributed by atoms with van der Waals surface area (Å²) in [4.78, 5) is 29.1. The average molecular weight is 357 g/mol. The lowest BCUT2D eigenvalue weighted by Crippen LogP contribution is -2.21. The van der Waals surface area contributed by atoms with Crippen LogP contribution < -0.4 is 10.6 Å². The highest BCUT2D eigenvalue weighted by Crippen LogP contribution is 2.23. The second-order valence-corrected chi connectivity index (χ2v) is 6.59. The summed E-state index contributed by atoms with van der Waals surface area (Å²) in [6.45, 7) is -0.343. The van der Waals surface area contributed by atoms with E-state index in [4.69, 9.17) is 4.74 Å². The Balaban J connectivity index is 1.48. The predicted molar refractivity (Wildman–Crippen MR) is 98.0 cm³/mol. The van der Waals surface area contributed by atoms with Gasteiger partial charge in [-0.15, -0.1) is 11.8 Å². The van der Waals surface area contributed by atoms with Gasteiger partial charge in [0.15, 0.2) is 6.61 Å². The summed E-state index contributed by atoms with van der Waals surface area (Å²) < 4.78 is 5.04. The van der Waals surface area contributed by atoms with Gasteiger partial charge in [0.05, 0.1) is 5.56 Å². The monoisotopic (exact) mass is 357 g/mol. The molecule has 0 spiro atoms. The largest absolute Gasteiger partial charge is 0.452 e. The van der Waals surface area contributed by atoms with E-state index in [2.05, 4.69) is 15.6 Å². The van der Waals surface area contributed by atoms with Crippen LogP contribution in [0.1, 0.15) is 23.2 Å². The zero-order valence-corrected chi connectivity index (χ0v) is 14.6. The van der Waals surface area contributed by atoms with Crippen molar-refractivity contribution >= 4 is 35.1 Å². The van der Waals surface area contributed by atoms with E-state index in [9.17, 15) is 9.59 Å². The van der Waals surface area contributed by atoms with Crippen molar-refractivity contribution < 1.29 is 14.3 Å². The molecule has 25 heavy (non-hydrogen) atoms. The van der Waals surface area contributed by atoms with Crippen molar-refractivity contribution in [2.24, 2.45) is 0 Å². The minimum absolute atomic E-state index is 0.318. The third-order valence-corrected chi connectivity index (χ3v) is 4.34. The van der Waals surface area contributed by atoms with Crippen LogP contribution in [0.5, 0.6) is 0 Å². The molecular formula is C18H19N3O3S. The van der Waals surface area contributed by atoms with E-state index in [1.54, 1.807) is 30.0 Å². The molecule has 1 heterocycles. The molecule has 0 atom stereocenters. The van der Waals surface area contributed by atoms with Gasteiger partial charge in [-0.3, -0.25) is 4.79 Å². The van der Waals surface area contributed by atoms with Crippen molar-refractivity contribution in [3.05, 3.63) is 48.2 Å². The molecular weight excluding hydrogens is 338 g/mol. The maximum absolute atomic E-state index is 12.0. The fourth-order valence-electron chi connectivity index (χ4n) is 2.15. The minimum atomic E-state index is -0.571. The van der Waals surface area contributed by atoms with Crippen LogP contribution >= 0.6 is 11.8 Å². The van der Waals surface area contributed by atoms with Gasteiger partial charge >= 0.3 is 5.97 Å². The molecule has 1 aromatic carbocycles. The van der Waals surface area contributed by atoms with Gasteiger partial charge in [-0.1, -0.05) is 6.07 Å². The molecule has 130 valence electrons. The third kappa shape index (κ3) is 5.22. The first kappa shape index (κ1) is 17.3. The summed E-state index contributed by atoms with van der Waals surface area (Å²) in [6.07, 6.45) is 5.72. The fraction of sp³-hybridized carbons (Fsp3) is 0.278. The number of benzene rings is 1. The molecule has 1 aliphatic rings. The van der Waals surface area contributed by atoms with Crippen LogP contribution in [0.25, 0.3) is 0 Å². The van der Waals surface area contributed by atoms with Crippen molar-refractivity contribution in [1.82, 2.24) is 4.98 Å². The Hall–Kier alpha value is -2.54. The van der Waals surface area contributed by atoms with Gasteiger partial charge in [0.25, 0.3) is 5.91 Å². The molecule has 1 amide bonds. The van der Waals surface area contributed by atoms with Crippen LogP contribution in [0.4, 0.5) is 11.5 Å². The lowest BCUT2D eigenvalue weighted by Gasteiger charge is -2.08. The van der Waals surface area contributed by atoms with Crippen LogP contribution in [0.3, 0.4) is 0 Å². The SMILES string of the molecule is CSc1cccc(NC(=O)COC(=O)c2ccc(NC3CC3)nc2)c1. The maximum atomic E-state index is 12.0. The van der Waals surface area contributed by atoms with Gasteiger partial charge in [-0.2, -0.15) is 0 Å². The van der Waals surface area contributed by atoms with Crippen molar-refractivity contribution in [3.8, 4) is 0 Å². The normalized spacial score (nSPS) is 13.2. The summed E-state index contributed by atoms with van der Waals surface area (Å²) in [7, 11) is 0. The quantitative estimate of drug-likeness (QED) is 0.585. The van der Waals surface area contributed by atoms with Crippen molar-refractivity contribution in [2.75, 3.05) is 23.5 Å². The number of amides is 1. The first-order valence-electron chi connectivity index (χ1n) is 7.97. The average Bonchev–Trinajstić information content (AvgIpc) is 3.44. The first-order chi connectivity index (χ1) is 12.1. The summed E-state index contributed by atoms with van der Waals surface area (Å²) in [6, 6.07) is 11.3. The Labute approximate surface area is 150 Å². The fourth-order valence-corrected chi connectivity index (χ4v) is 2.61. The molecule has 7 heteroatoms. The number of pyridine rings is 1. The van der Waals surface area contributed by atoms with Gasteiger partial charge in [0.2, 0.25) is 0 Å². The molecule has 1 fully saturated rings. The van der Waals surface area contributed by atoms with Gasteiger partial charge in [-0.05, 0) is 49.4 Å². The highest BCUT2D eigenvalue weighted by atomic mass is 32.2. The topological polar surface area (TPSA) is 80.3 Å². The Kier molecular flexibility index (Phi) is 5.55. The summed E-state index contributed by atoms with van der Waals surface area (Å²) >= 11 is 1.59. The predicted octanol–water partition coefficient (Wildman–Crippen LogP) is 3.17. The van der Waals surface area contributed by atoms with Crippen LogP contribution in [-0.4, -0.2) is 35.8 Å². The highest BCUT2D eigenvalue weighted by molar-refractivity contribution is 7.98. The Morgan fingerprint density at radius 2 is 2.12 bits per heavy atom. The molecule has 0 saturated heterocycles. The van der Waals surface area contributed by atoms with Gasteiger partial charge in [0, 0.05) is 22.8 Å². The number of rotatable bonds is 7. The number of carbonyl (C=O) groups excluding carboxylic acids is 2. The van der Waals surface area contributed by atoms with E-state index in [0.717, 1.165) is 23.6 Å². The third-order valence-electron chi connectivity index (χ3n) is 3.62. The lowest BCUT2D eigenvalue weighted by atomic mass is 10.3. The number of hydrogen-bond acceptors (Lipinski definition) is 6. The highest BCUT2D eigenvalue weighted by Gasteiger charge is 2.21. The Morgan fingerprint density at radius 1 is 1.28 bits per heavy atom. The molecule has 2 aromatic rings. The molecule has 0 bridgehead atoms. The number of nitrogens with zero attached hydrogens (tertiary/aromatic N) is 1. The Morgan fingerprint density at radius 3 is 2.80 bits per heavy atom. The molecule has 0 unspecified atom stereocenters. The second-order valence-electron chi connectivity index (χ2n) is 5.71. The zero-order valence-electron chi connectivity index (χ0n) is 13.8. The Bertz CT molecular complexity index is 760. The van der Waals surface area contributed by atoms with Crippen molar-refractivity contribution in [3.63, 3.8) is 0 Å². The van der Waals surface area contributed by atoms with Crippen LogP contribution in [0.2, 0.25) is 0 Å². The number of ether oxygens (including phenoxy) is 1. The lowest BCUT2D eigenvalue weighted by molar-refractivity contribution is -0.119. The summed E-state index contributed by atoms with van der Waals surface area (Å²) in [5, 5.41) is 5.95. The summed E-state index contributed by atoms with van der Waals surface area (Å²) in [5.74, 6) is -0.212. The number of aromatic nitrogens is 1. The number of esters is 1. The number of nitrogens with one attached hydrogen (secondary N) is 2. The molecule has 1 aromatic heterocycles. The van der Waals surface area contributed by atoms with E-state index in [0.29, 0.717) is 17.3 Å². The van der Waals surface area contributed by atoms with Gasteiger partial charge in [-0.25, -0.2) is 9.78 Å². The second kappa shape index (κ2) is 8.02. The van der Waals surface area contributed by atoms with E-state index in [1.807, 2.05) is 24.5 Å². The van der Waals surface area contributed by atoms with E-state index in [1.165, 1.54) is 6.20 Å². The molecule has 1 saturated carbocycles. The molecule has 0 aliphatic heterocycles. The molecule has 1 aliphatic carbocycles. The van der Waals surface area contributed by atoms with Crippen LogP contribution in [0, 0.1) is 0 Å². The van der Waals surface area contributed by atoms with Crippen molar-refractivity contribution in [1.29, 1.82) is 0 Å². The van der Waals surface area contributed by atoms with Crippen LogP contribution in [0.15, 0.2) is 47.5 Å². The molecule has 3 rings (SSSR count). The molecule has 0 radical (unpaired) electrons. The van der Waals surface area contributed by atoms with Crippen molar-refractivity contribution in [2.45, 2.75) is 23.8 Å². The van der Waals surface area contributed by atoms with Crippen LogP contribution in [-0.2, 0) is 9.53 Å². The maximum Gasteiger partial charge on any atom is 0.340 e. The van der Waals surface area contributed by atoms with Gasteiger partial charge in [0.1, 0.15) is 5.82 Å². The first-order valence-corrected chi connectivity index (χ1v) is 9.20. The smallest absolute Gasteiger partial charge is 0.340 e. The van der Waals surface area contributed by atoms with Gasteiger partial charge < -0.3 is 15.4 Å². The molecule has 6 nitrogen and oxygen atoms in total. The minimum Gasteiger partial charge on any atom is -0.452 e. The van der Waals surface area contributed by atoms with E-state index in [-0.39, 0.29) is 12.5 Å². The summed E-state index contributed by atoms with van der Waals surface area (Å²) in [5.41, 5.74) is 0.989. The van der Waals surface area contributed by atoms with E-state index < -0.39 is 5.97 Å². The number of thioether (sulfide) groups is 1.